The van der Waals surface area contributed by atoms with Crippen LogP contribution in [0.2, 0.25) is 0 Å². The number of carbonyl (C=O) groups is 3. The summed E-state index contributed by atoms with van der Waals surface area (Å²) in [4.78, 5) is 39.1. The van der Waals surface area contributed by atoms with E-state index in [1.54, 1.807) is 0 Å². The quantitative estimate of drug-likeness (QED) is 0.318. The van der Waals surface area contributed by atoms with Crippen LogP contribution < -0.4 is 0 Å². The van der Waals surface area contributed by atoms with Gasteiger partial charge in [-0.3, -0.25) is 14.4 Å². The predicted molar refractivity (Wildman–Crippen MR) is 151 cm³/mol. The van der Waals surface area contributed by atoms with Crippen molar-refractivity contribution in [1.29, 1.82) is 0 Å². The molecule has 4 fully saturated rings. The van der Waals surface area contributed by atoms with E-state index >= 15 is 0 Å². The maximum Gasteiger partial charge on any atom is 0.311 e. The third kappa shape index (κ3) is 8.44. The van der Waals surface area contributed by atoms with Crippen molar-refractivity contribution in [2.24, 2.45) is 17.8 Å². The van der Waals surface area contributed by atoms with Gasteiger partial charge in [0, 0.05) is 19.3 Å². The molecule has 9 heteroatoms. The summed E-state index contributed by atoms with van der Waals surface area (Å²) in [5, 5.41) is 0. The van der Waals surface area contributed by atoms with E-state index in [1.165, 1.54) is 0 Å². The average molecular weight is 581 g/mol. The fourth-order valence-corrected chi connectivity index (χ4v) is 6.73. The Hall–Kier alpha value is -1.71. The highest BCUT2D eigenvalue weighted by Gasteiger charge is 2.40. The molecular weight excluding hydrogens is 528 g/mol. The summed E-state index contributed by atoms with van der Waals surface area (Å²) in [6.45, 7) is 11.5. The first-order chi connectivity index (χ1) is 19.6. The molecule has 4 aliphatic rings. The maximum absolute atomic E-state index is 13.1. The summed E-state index contributed by atoms with van der Waals surface area (Å²) < 4.78 is 36.5. The highest BCUT2D eigenvalue weighted by atomic mass is 16.6. The van der Waals surface area contributed by atoms with Crippen LogP contribution in [0.4, 0.5) is 0 Å². The number of hydrogen-bond donors (Lipinski definition) is 0. The summed E-state index contributed by atoms with van der Waals surface area (Å²) in [5.41, 5.74) is 0. The van der Waals surface area contributed by atoms with Crippen LogP contribution in [-0.4, -0.2) is 72.8 Å². The molecule has 6 bridgehead atoms. The van der Waals surface area contributed by atoms with Crippen molar-refractivity contribution < 1.29 is 42.8 Å². The Morgan fingerprint density at radius 1 is 0.512 bits per heavy atom. The Labute approximate surface area is 245 Å². The van der Waals surface area contributed by atoms with Gasteiger partial charge in [-0.05, 0) is 79.1 Å². The van der Waals surface area contributed by atoms with Crippen molar-refractivity contribution >= 4 is 17.9 Å². The van der Waals surface area contributed by atoms with Gasteiger partial charge in [0.1, 0.15) is 18.3 Å². The van der Waals surface area contributed by atoms with Gasteiger partial charge in [0.05, 0.1) is 54.4 Å². The molecule has 4 aliphatic heterocycles. The lowest BCUT2D eigenvalue weighted by atomic mass is 10.00. The topological polar surface area (TPSA) is 107 Å². The minimum atomic E-state index is -0.387. The van der Waals surface area contributed by atoms with E-state index in [0.29, 0.717) is 32.1 Å². The van der Waals surface area contributed by atoms with Gasteiger partial charge in [-0.25, -0.2) is 0 Å². The number of esters is 3. The van der Waals surface area contributed by atoms with Crippen LogP contribution in [0.1, 0.15) is 112 Å². The number of hydrogen-bond acceptors (Lipinski definition) is 9. The lowest BCUT2D eigenvalue weighted by Gasteiger charge is -2.27. The maximum atomic E-state index is 13.1. The van der Waals surface area contributed by atoms with Gasteiger partial charge in [0.15, 0.2) is 0 Å². The third-order valence-electron chi connectivity index (χ3n) is 9.65. The van der Waals surface area contributed by atoms with Crippen molar-refractivity contribution in [1.82, 2.24) is 0 Å². The summed E-state index contributed by atoms with van der Waals surface area (Å²) in [6.07, 6.45) is 6.35. The fourth-order valence-electron chi connectivity index (χ4n) is 6.73. The molecule has 0 spiro atoms. The predicted octanol–water partition coefficient (Wildman–Crippen LogP) is 5.30. The molecule has 0 aromatic carbocycles. The van der Waals surface area contributed by atoms with E-state index < -0.39 is 0 Å². The molecule has 4 rings (SSSR count). The Kier molecular flexibility index (Phi) is 11.5. The molecule has 0 amide bonds. The zero-order valence-electron chi connectivity index (χ0n) is 25.9. The smallest absolute Gasteiger partial charge is 0.311 e. The zero-order chi connectivity index (χ0) is 29.7. The molecule has 0 unspecified atom stereocenters. The van der Waals surface area contributed by atoms with E-state index in [4.69, 9.17) is 28.4 Å². The first-order valence-electron chi connectivity index (χ1n) is 16.2. The van der Waals surface area contributed by atoms with Crippen molar-refractivity contribution in [2.45, 2.75) is 167 Å². The molecule has 0 radical (unpaired) electrons. The molecule has 4 saturated heterocycles. The largest absolute Gasteiger partial charge is 0.462 e. The van der Waals surface area contributed by atoms with Gasteiger partial charge < -0.3 is 28.4 Å². The minimum Gasteiger partial charge on any atom is -0.462 e. The highest BCUT2D eigenvalue weighted by Crippen LogP contribution is 2.34. The second-order valence-corrected chi connectivity index (χ2v) is 12.9. The standard InChI is InChI=1S/C32H52O9/c1-7-22-16-25-10-13-27(38-25)19(4)30(33)36-18(3)15-24-9-12-28(37-24)20(5)31(34)40-23(8-2)17-26-11-14-29(39-26)21(6)32(35)41-22/h18-29H,7-17H2,1-6H3/t18-,19-,20+,21-,22+,23+,24+,25+,26+,27-,28-,29-/m0/s1. The van der Waals surface area contributed by atoms with Gasteiger partial charge >= 0.3 is 17.9 Å². The second kappa shape index (κ2) is 14.6. The molecule has 41 heavy (non-hydrogen) atoms. The summed E-state index contributed by atoms with van der Waals surface area (Å²) in [7, 11) is 0. The van der Waals surface area contributed by atoms with Crippen molar-refractivity contribution in [3.63, 3.8) is 0 Å². The van der Waals surface area contributed by atoms with Crippen molar-refractivity contribution in [2.75, 3.05) is 0 Å². The first kappa shape index (κ1) is 32.2. The fraction of sp³-hybridized carbons (Fsp3) is 0.906. The molecule has 12 atom stereocenters. The van der Waals surface area contributed by atoms with Crippen LogP contribution in [0.25, 0.3) is 0 Å². The van der Waals surface area contributed by atoms with Crippen LogP contribution in [0.15, 0.2) is 0 Å². The van der Waals surface area contributed by atoms with Gasteiger partial charge in [-0.2, -0.15) is 0 Å². The minimum absolute atomic E-state index is 0.0575. The number of carbonyl (C=O) groups excluding carboxylic acids is 3. The summed E-state index contributed by atoms with van der Waals surface area (Å²) >= 11 is 0. The molecule has 0 saturated carbocycles. The van der Waals surface area contributed by atoms with Crippen LogP contribution in [0.3, 0.4) is 0 Å². The molecule has 0 aliphatic carbocycles. The van der Waals surface area contributed by atoms with E-state index in [2.05, 4.69) is 0 Å². The van der Waals surface area contributed by atoms with E-state index in [1.807, 2.05) is 41.5 Å². The molecular formula is C32H52O9. The van der Waals surface area contributed by atoms with E-state index in [-0.39, 0.29) is 90.6 Å². The number of cyclic esters (lactones) is 3. The number of ether oxygens (including phenoxy) is 6. The van der Waals surface area contributed by atoms with Gasteiger partial charge in [-0.15, -0.1) is 0 Å². The molecule has 9 nitrogen and oxygen atoms in total. The lowest BCUT2D eigenvalue weighted by molar-refractivity contribution is -0.163. The van der Waals surface area contributed by atoms with Gasteiger partial charge in [-0.1, -0.05) is 13.8 Å². The molecule has 0 aromatic rings. The van der Waals surface area contributed by atoms with Crippen LogP contribution in [0.5, 0.6) is 0 Å². The molecule has 0 N–H and O–H groups in total. The summed E-state index contributed by atoms with van der Waals surface area (Å²) in [6, 6.07) is 0. The second-order valence-electron chi connectivity index (χ2n) is 12.9. The molecule has 4 heterocycles. The Bertz CT molecular complexity index is 890. The number of rotatable bonds is 2. The van der Waals surface area contributed by atoms with Crippen LogP contribution in [0, 0.1) is 17.8 Å². The van der Waals surface area contributed by atoms with Gasteiger partial charge in [0.25, 0.3) is 0 Å². The molecule has 0 aromatic heterocycles. The van der Waals surface area contributed by atoms with Crippen molar-refractivity contribution in [3.8, 4) is 0 Å². The van der Waals surface area contributed by atoms with E-state index in [0.717, 1.165) is 38.5 Å². The normalized spacial score (nSPS) is 43.6. The van der Waals surface area contributed by atoms with Crippen LogP contribution in [-0.2, 0) is 42.8 Å². The zero-order valence-corrected chi connectivity index (χ0v) is 25.9. The van der Waals surface area contributed by atoms with Crippen LogP contribution >= 0.6 is 0 Å². The monoisotopic (exact) mass is 580 g/mol. The lowest BCUT2D eigenvalue weighted by Crippen LogP contribution is -2.34. The first-order valence-corrected chi connectivity index (χ1v) is 16.2. The SMILES string of the molecule is CC[C@@H]1C[C@H]2CC[C@H](O2)[C@H](C)C(=O)O[C@@H](C)C[C@H]2CC[C@H](O2)[C@@H](C)C(=O)O[C@H](CC)C[C@H]2CC[C@H](O2)[C@H](C)C(=O)O1. The third-order valence-corrected chi connectivity index (χ3v) is 9.65. The van der Waals surface area contributed by atoms with Crippen molar-refractivity contribution in [3.05, 3.63) is 0 Å². The summed E-state index contributed by atoms with van der Waals surface area (Å²) in [5.74, 6) is -1.93. The molecule has 234 valence electrons. The Morgan fingerprint density at radius 3 is 1.22 bits per heavy atom. The Balaban J connectivity index is 1.44. The van der Waals surface area contributed by atoms with Gasteiger partial charge in [0.2, 0.25) is 0 Å². The highest BCUT2D eigenvalue weighted by molar-refractivity contribution is 5.74. The number of fused-ring (bicyclic) bond motifs is 6. The Morgan fingerprint density at radius 2 is 0.854 bits per heavy atom. The average Bonchev–Trinajstić information content (AvgIpc) is 3.72. The van der Waals surface area contributed by atoms with E-state index in [9.17, 15) is 14.4 Å².